The predicted octanol–water partition coefficient (Wildman–Crippen LogP) is 4.05. The number of benzene rings is 1. The van der Waals surface area contributed by atoms with E-state index in [0.717, 1.165) is 0 Å². The van der Waals surface area contributed by atoms with E-state index >= 15 is 0 Å². The Balaban J connectivity index is 2.50. The highest BCUT2D eigenvalue weighted by Crippen LogP contribution is 2.38. The molecule has 0 unspecified atom stereocenters. The zero-order valence-electron chi connectivity index (χ0n) is 10.3. The van der Waals surface area contributed by atoms with Crippen LogP contribution in [0.25, 0.3) is 0 Å². The van der Waals surface area contributed by atoms with E-state index in [2.05, 4.69) is 9.97 Å². The van der Waals surface area contributed by atoms with Gasteiger partial charge in [0.1, 0.15) is 11.5 Å². The van der Waals surface area contributed by atoms with Crippen LogP contribution in [-0.4, -0.2) is 14.9 Å². The Morgan fingerprint density at radius 2 is 2.10 bits per heavy atom. The predicted molar refractivity (Wildman–Crippen MR) is 74.6 cm³/mol. The molecule has 0 aliphatic carbocycles. The maximum atomic E-state index is 11.0. The lowest BCUT2D eigenvalue weighted by molar-refractivity contribution is -0.385. The SMILES string of the molecule is CCc1c(Cl)ncnc1Oc1c(Cl)cccc1[N+](=O)[O-]. The van der Waals surface area contributed by atoms with Crippen LogP contribution in [0.15, 0.2) is 24.5 Å². The molecule has 6 nitrogen and oxygen atoms in total. The van der Waals surface area contributed by atoms with Crippen molar-refractivity contribution in [2.45, 2.75) is 13.3 Å². The molecule has 20 heavy (non-hydrogen) atoms. The molecule has 8 heteroatoms. The highest BCUT2D eigenvalue weighted by atomic mass is 35.5. The third-order valence-electron chi connectivity index (χ3n) is 2.55. The first kappa shape index (κ1) is 14.5. The van der Waals surface area contributed by atoms with Crippen LogP contribution in [0.2, 0.25) is 10.2 Å². The van der Waals surface area contributed by atoms with E-state index in [1.54, 1.807) is 0 Å². The standard InChI is InChI=1S/C12H9Cl2N3O3/c1-2-7-11(14)15-6-16-12(7)20-10-8(13)4-3-5-9(10)17(18)19/h3-6H,2H2,1H3. The van der Waals surface area contributed by atoms with Crippen molar-refractivity contribution < 1.29 is 9.66 Å². The monoisotopic (exact) mass is 313 g/mol. The smallest absolute Gasteiger partial charge is 0.313 e. The van der Waals surface area contributed by atoms with Gasteiger partial charge < -0.3 is 4.74 Å². The molecule has 2 aromatic rings. The number of aromatic nitrogens is 2. The number of para-hydroxylation sites is 1. The molecule has 1 heterocycles. The van der Waals surface area contributed by atoms with E-state index in [-0.39, 0.29) is 27.5 Å². The largest absolute Gasteiger partial charge is 0.430 e. The molecule has 0 saturated carbocycles. The molecule has 0 aliphatic heterocycles. The minimum atomic E-state index is -0.574. The first-order chi connectivity index (χ1) is 9.54. The van der Waals surface area contributed by atoms with Crippen molar-refractivity contribution >= 4 is 28.9 Å². The fourth-order valence-electron chi connectivity index (χ4n) is 1.60. The van der Waals surface area contributed by atoms with E-state index in [9.17, 15) is 10.1 Å². The number of rotatable bonds is 4. The molecule has 1 aromatic heterocycles. The van der Waals surface area contributed by atoms with Gasteiger partial charge in [0, 0.05) is 6.07 Å². The van der Waals surface area contributed by atoms with Crippen molar-refractivity contribution in [3.8, 4) is 11.6 Å². The van der Waals surface area contributed by atoms with Crippen LogP contribution in [0.3, 0.4) is 0 Å². The van der Waals surface area contributed by atoms with E-state index < -0.39 is 4.92 Å². The number of halogens is 2. The average Bonchev–Trinajstić information content (AvgIpc) is 2.41. The summed E-state index contributed by atoms with van der Waals surface area (Å²) >= 11 is 11.9. The lowest BCUT2D eigenvalue weighted by Crippen LogP contribution is -1.99. The van der Waals surface area contributed by atoms with Crippen LogP contribution in [0.4, 0.5) is 5.69 Å². The van der Waals surface area contributed by atoms with Gasteiger partial charge in [0.25, 0.3) is 0 Å². The second-order valence-electron chi connectivity index (χ2n) is 3.75. The molecule has 104 valence electrons. The molecule has 2 rings (SSSR count). The highest BCUT2D eigenvalue weighted by molar-refractivity contribution is 6.32. The summed E-state index contributed by atoms with van der Waals surface area (Å²) in [7, 11) is 0. The van der Waals surface area contributed by atoms with Crippen molar-refractivity contribution in [2.75, 3.05) is 0 Å². The van der Waals surface area contributed by atoms with Gasteiger partial charge >= 0.3 is 5.69 Å². The Morgan fingerprint density at radius 3 is 2.75 bits per heavy atom. The molecule has 0 bridgehead atoms. The van der Waals surface area contributed by atoms with Crippen molar-refractivity contribution in [1.82, 2.24) is 9.97 Å². The van der Waals surface area contributed by atoms with Crippen LogP contribution in [0.5, 0.6) is 11.6 Å². The summed E-state index contributed by atoms with van der Waals surface area (Å²) in [5, 5.41) is 11.4. The third kappa shape index (κ3) is 2.81. The summed E-state index contributed by atoms with van der Waals surface area (Å²) in [5.74, 6) is 0.0901. The number of nitro benzene ring substituents is 1. The molecule has 0 N–H and O–H groups in total. The average molecular weight is 314 g/mol. The van der Waals surface area contributed by atoms with Gasteiger partial charge in [-0.05, 0) is 12.5 Å². The van der Waals surface area contributed by atoms with Crippen molar-refractivity contribution in [2.24, 2.45) is 0 Å². The molecule has 1 aromatic carbocycles. The van der Waals surface area contributed by atoms with Crippen LogP contribution >= 0.6 is 23.2 Å². The minimum absolute atomic E-state index is 0.0661. The summed E-state index contributed by atoms with van der Waals surface area (Å²) in [6.07, 6.45) is 1.74. The van der Waals surface area contributed by atoms with Gasteiger partial charge in [0.2, 0.25) is 11.6 Å². The summed E-state index contributed by atoms with van der Waals surface area (Å²) in [6.45, 7) is 1.85. The van der Waals surface area contributed by atoms with Gasteiger partial charge in [-0.3, -0.25) is 10.1 Å². The number of ether oxygens (including phenoxy) is 1. The Kier molecular flexibility index (Phi) is 4.36. The van der Waals surface area contributed by atoms with E-state index in [0.29, 0.717) is 12.0 Å². The second kappa shape index (κ2) is 6.02. The fourth-order valence-corrected chi connectivity index (χ4v) is 2.07. The van der Waals surface area contributed by atoms with E-state index in [1.807, 2.05) is 6.92 Å². The quantitative estimate of drug-likeness (QED) is 0.483. The maximum absolute atomic E-state index is 11.0. The maximum Gasteiger partial charge on any atom is 0.313 e. The normalized spacial score (nSPS) is 10.3. The summed E-state index contributed by atoms with van der Waals surface area (Å²) < 4.78 is 5.50. The molecular weight excluding hydrogens is 305 g/mol. The molecule has 0 atom stereocenters. The number of nitrogens with zero attached hydrogens (tertiary/aromatic N) is 3. The van der Waals surface area contributed by atoms with Crippen LogP contribution in [0.1, 0.15) is 12.5 Å². The molecule has 0 aliphatic rings. The second-order valence-corrected chi connectivity index (χ2v) is 4.51. The van der Waals surface area contributed by atoms with E-state index in [1.165, 1.54) is 24.5 Å². The number of hydrogen-bond donors (Lipinski definition) is 0. The van der Waals surface area contributed by atoms with E-state index in [4.69, 9.17) is 27.9 Å². The topological polar surface area (TPSA) is 78.2 Å². The summed E-state index contributed by atoms with van der Waals surface area (Å²) in [5.41, 5.74) is 0.317. The van der Waals surface area contributed by atoms with Gasteiger partial charge in [-0.25, -0.2) is 9.97 Å². The lowest BCUT2D eigenvalue weighted by atomic mass is 10.2. The lowest BCUT2D eigenvalue weighted by Gasteiger charge is -2.10. The molecule has 0 radical (unpaired) electrons. The fraction of sp³-hybridized carbons (Fsp3) is 0.167. The first-order valence-corrected chi connectivity index (χ1v) is 6.40. The summed E-state index contributed by atoms with van der Waals surface area (Å²) in [6, 6.07) is 4.27. The molecule has 0 spiro atoms. The van der Waals surface area contributed by atoms with Gasteiger partial charge in [-0.2, -0.15) is 0 Å². The van der Waals surface area contributed by atoms with Crippen LogP contribution < -0.4 is 4.74 Å². The molecular formula is C12H9Cl2N3O3. The molecule has 0 amide bonds. The molecule has 0 fully saturated rings. The van der Waals surface area contributed by atoms with Crippen LogP contribution in [-0.2, 0) is 6.42 Å². The summed E-state index contributed by atoms with van der Waals surface area (Å²) in [4.78, 5) is 18.2. The zero-order valence-corrected chi connectivity index (χ0v) is 11.9. The van der Waals surface area contributed by atoms with Gasteiger partial charge in [-0.15, -0.1) is 0 Å². The van der Waals surface area contributed by atoms with Crippen molar-refractivity contribution in [3.63, 3.8) is 0 Å². The van der Waals surface area contributed by atoms with Gasteiger partial charge in [-0.1, -0.05) is 36.2 Å². The Morgan fingerprint density at radius 1 is 1.35 bits per heavy atom. The highest BCUT2D eigenvalue weighted by Gasteiger charge is 2.21. The minimum Gasteiger partial charge on any atom is -0.430 e. The Hall–Kier alpha value is -1.92. The van der Waals surface area contributed by atoms with Crippen LogP contribution in [0, 0.1) is 10.1 Å². The van der Waals surface area contributed by atoms with Gasteiger partial charge in [0.05, 0.1) is 15.5 Å². The van der Waals surface area contributed by atoms with Crippen molar-refractivity contribution in [3.05, 3.63) is 50.4 Å². The Labute approximate surface area is 124 Å². The third-order valence-corrected chi connectivity index (χ3v) is 3.17. The molecule has 0 saturated heterocycles. The van der Waals surface area contributed by atoms with Gasteiger partial charge in [0.15, 0.2) is 0 Å². The zero-order chi connectivity index (χ0) is 14.7. The number of hydrogen-bond acceptors (Lipinski definition) is 5. The Bertz CT molecular complexity index is 664. The first-order valence-electron chi connectivity index (χ1n) is 5.64. The number of nitro groups is 1. The van der Waals surface area contributed by atoms with Crippen molar-refractivity contribution in [1.29, 1.82) is 0 Å².